The Morgan fingerprint density at radius 1 is 1.07 bits per heavy atom. The van der Waals surface area contributed by atoms with Crippen LogP contribution in [0.25, 0.3) is 0 Å². The molecule has 0 saturated heterocycles. The number of nitrogens with zero attached hydrogens (tertiary/aromatic N) is 1. The van der Waals surface area contributed by atoms with Crippen LogP contribution in [0.15, 0.2) is 42.5 Å². The van der Waals surface area contributed by atoms with Crippen LogP contribution < -0.4 is 19.7 Å². The van der Waals surface area contributed by atoms with E-state index in [-0.39, 0.29) is 6.61 Å². The summed E-state index contributed by atoms with van der Waals surface area (Å²) in [4.78, 5) is 1.95. The molecule has 0 aliphatic rings. The monoisotopic (exact) mass is 393 g/mol. The molecule has 0 aliphatic heterocycles. The highest BCUT2D eigenvalue weighted by molar-refractivity contribution is 7.67. The molecule has 2 atom stereocenters. The van der Waals surface area contributed by atoms with Gasteiger partial charge in [0.15, 0.2) is 5.85 Å². The van der Waals surface area contributed by atoms with Crippen molar-refractivity contribution < 1.29 is 23.7 Å². The summed E-state index contributed by atoms with van der Waals surface area (Å²) in [6.07, 6.45) is 0.682. The van der Waals surface area contributed by atoms with Gasteiger partial charge in [0.1, 0.15) is 11.5 Å². The van der Waals surface area contributed by atoms with Gasteiger partial charge in [-0.3, -0.25) is 4.57 Å². The zero-order valence-corrected chi connectivity index (χ0v) is 17.4. The molecular weight excluding hydrogens is 365 g/mol. The predicted octanol–water partition coefficient (Wildman–Crippen LogP) is 3.79. The van der Waals surface area contributed by atoms with Crippen LogP contribution in [0.3, 0.4) is 0 Å². The van der Waals surface area contributed by atoms with Crippen molar-refractivity contribution in [1.82, 2.24) is 0 Å². The minimum absolute atomic E-state index is 0.274. The average molecular weight is 393 g/mol. The van der Waals surface area contributed by atoms with E-state index >= 15 is 0 Å². The minimum Gasteiger partial charge on any atom is -0.497 e. The number of hydrogen-bond donors (Lipinski definition) is 1. The first kappa shape index (κ1) is 21.3. The van der Waals surface area contributed by atoms with Crippen molar-refractivity contribution in [3.05, 3.63) is 48.0 Å². The number of ether oxygens (including phenoxy) is 2. The highest BCUT2D eigenvalue weighted by Gasteiger charge is 2.38. The van der Waals surface area contributed by atoms with Gasteiger partial charge in [-0.05, 0) is 48.9 Å². The Morgan fingerprint density at radius 2 is 1.74 bits per heavy atom. The highest BCUT2D eigenvalue weighted by Crippen LogP contribution is 2.59. The van der Waals surface area contributed by atoms with Crippen molar-refractivity contribution >= 4 is 18.4 Å². The lowest BCUT2D eigenvalue weighted by atomic mass is 10.2. The fourth-order valence-electron chi connectivity index (χ4n) is 2.70. The molecule has 0 heterocycles. The first-order valence-corrected chi connectivity index (χ1v) is 10.5. The number of benzene rings is 2. The lowest BCUT2D eigenvalue weighted by molar-refractivity contribution is 0.210. The van der Waals surface area contributed by atoms with E-state index in [9.17, 15) is 9.67 Å². The molecule has 0 amide bonds. The van der Waals surface area contributed by atoms with Gasteiger partial charge in [0, 0.05) is 30.7 Å². The molecular formula is C20H28NO5P. The van der Waals surface area contributed by atoms with Crippen LogP contribution in [-0.2, 0) is 9.09 Å². The first-order valence-electron chi connectivity index (χ1n) is 8.79. The van der Waals surface area contributed by atoms with Crippen LogP contribution in [0.5, 0.6) is 11.5 Å². The third-order valence-corrected chi connectivity index (χ3v) is 6.76. The zero-order valence-electron chi connectivity index (χ0n) is 16.5. The molecule has 148 valence electrons. The second kappa shape index (κ2) is 9.27. The highest BCUT2D eigenvalue weighted by atomic mass is 31.2. The molecule has 0 unspecified atom stereocenters. The molecule has 0 radical (unpaired) electrons. The summed E-state index contributed by atoms with van der Waals surface area (Å²) in [6, 6.07) is 12.2. The van der Waals surface area contributed by atoms with Crippen molar-refractivity contribution in [3.63, 3.8) is 0 Å². The lowest BCUT2D eigenvalue weighted by Crippen LogP contribution is -2.17. The summed E-state index contributed by atoms with van der Waals surface area (Å²) in [7, 11) is 3.27. The number of aliphatic hydroxyl groups is 1. The molecule has 7 heteroatoms. The summed E-state index contributed by atoms with van der Waals surface area (Å²) >= 11 is 0. The van der Waals surface area contributed by atoms with Crippen molar-refractivity contribution in [3.8, 4) is 11.5 Å². The van der Waals surface area contributed by atoms with E-state index in [1.807, 2.05) is 38.1 Å². The molecule has 0 spiro atoms. The summed E-state index contributed by atoms with van der Waals surface area (Å²) < 4.78 is 30.2. The summed E-state index contributed by atoms with van der Waals surface area (Å²) in [5.41, 5.74) is 1.34. The Hall–Kier alpha value is -2.01. The Labute approximate surface area is 161 Å². The Balaban J connectivity index is 2.53. The van der Waals surface area contributed by atoms with Crippen LogP contribution in [0.1, 0.15) is 24.8 Å². The third kappa shape index (κ3) is 4.64. The van der Waals surface area contributed by atoms with Crippen molar-refractivity contribution in [2.45, 2.75) is 19.2 Å². The molecule has 1 N–H and O–H groups in total. The van der Waals surface area contributed by atoms with Gasteiger partial charge in [-0.15, -0.1) is 0 Å². The SMILES string of the molecule is CCCO[P@](=O)(c1ccc(N(C)C)cc1)[C@H](O)c1cc(OC)ccc1OC. The van der Waals surface area contributed by atoms with Gasteiger partial charge in [-0.25, -0.2) is 0 Å². The quantitative estimate of drug-likeness (QED) is 0.654. The normalized spacial score (nSPS) is 14.3. The molecule has 0 aromatic heterocycles. The van der Waals surface area contributed by atoms with Crippen LogP contribution >= 0.6 is 7.37 Å². The number of aliphatic hydroxyl groups excluding tert-OH is 1. The van der Waals surface area contributed by atoms with Gasteiger partial charge in [0.2, 0.25) is 0 Å². The number of anilines is 1. The van der Waals surface area contributed by atoms with E-state index in [0.717, 1.165) is 5.69 Å². The molecule has 0 bridgehead atoms. The van der Waals surface area contributed by atoms with Crippen LogP contribution in [0, 0.1) is 0 Å². The maximum atomic E-state index is 13.8. The Morgan fingerprint density at radius 3 is 2.26 bits per heavy atom. The first-order chi connectivity index (χ1) is 12.9. The molecule has 0 saturated carbocycles. The fraction of sp³-hybridized carbons (Fsp3) is 0.400. The molecule has 0 fully saturated rings. The van der Waals surface area contributed by atoms with Crippen LogP contribution in [0.4, 0.5) is 5.69 Å². The number of hydrogen-bond acceptors (Lipinski definition) is 6. The van der Waals surface area contributed by atoms with E-state index < -0.39 is 13.2 Å². The van der Waals surface area contributed by atoms with Gasteiger partial charge in [0.05, 0.1) is 20.8 Å². The predicted molar refractivity (Wildman–Crippen MR) is 109 cm³/mol. The van der Waals surface area contributed by atoms with Gasteiger partial charge in [-0.1, -0.05) is 6.92 Å². The number of methoxy groups -OCH3 is 2. The molecule has 27 heavy (non-hydrogen) atoms. The lowest BCUT2D eigenvalue weighted by Gasteiger charge is -2.26. The number of rotatable bonds is 9. The third-order valence-electron chi connectivity index (χ3n) is 4.25. The zero-order chi connectivity index (χ0) is 20.0. The second-order valence-corrected chi connectivity index (χ2v) is 8.78. The maximum Gasteiger partial charge on any atom is 0.264 e. The van der Waals surface area contributed by atoms with E-state index in [1.54, 1.807) is 30.3 Å². The van der Waals surface area contributed by atoms with Crippen molar-refractivity contribution in [2.24, 2.45) is 0 Å². The summed E-state index contributed by atoms with van der Waals surface area (Å²) in [5.74, 6) is -0.414. The maximum absolute atomic E-state index is 13.8. The Kier molecular flexibility index (Phi) is 7.31. The van der Waals surface area contributed by atoms with Crippen LogP contribution in [-0.4, -0.2) is 40.0 Å². The summed E-state index contributed by atoms with van der Waals surface area (Å²) in [5, 5.41) is 11.6. The molecule has 2 aromatic rings. The van der Waals surface area contributed by atoms with E-state index in [4.69, 9.17) is 14.0 Å². The molecule has 2 aromatic carbocycles. The van der Waals surface area contributed by atoms with Gasteiger partial charge in [0.25, 0.3) is 7.37 Å². The van der Waals surface area contributed by atoms with Crippen molar-refractivity contribution in [2.75, 3.05) is 39.8 Å². The van der Waals surface area contributed by atoms with E-state index in [2.05, 4.69) is 0 Å². The van der Waals surface area contributed by atoms with Crippen molar-refractivity contribution in [1.29, 1.82) is 0 Å². The Bertz CT molecular complexity index is 791. The second-order valence-electron chi connectivity index (χ2n) is 6.32. The summed E-state index contributed by atoms with van der Waals surface area (Å²) in [6.45, 7) is 2.20. The largest absolute Gasteiger partial charge is 0.497 e. The standard InChI is InChI=1S/C20H28NO5P/c1-6-13-26-27(23,17-10-7-15(8-11-17)21(2)3)20(22)18-14-16(24-4)9-12-19(18)25-5/h7-12,14,20,22H,6,13H2,1-5H3/t20-,27+/m0/s1. The van der Waals surface area contributed by atoms with Crippen LogP contribution in [0.2, 0.25) is 0 Å². The molecule has 6 nitrogen and oxygen atoms in total. The van der Waals surface area contributed by atoms with E-state index in [0.29, 0.717) is 28.8 Å². The van der Waals surface area contributed by atoms with Gasteiger partial charge >= 0.3 is 0 Å². The molecule has 2 rings (SSSR count). The topological polar surface area (TPSA) is 68.2 Å². The van der Waals surface area contributed by atoms with Gasteiger partial charge in [-0.2, -0.15) is 0 Å². The molecule has 0 aliphatic carbocycles. The van der Waals surface area contributed by atoms with E-state index in [1.165, 1.54) is 14.2 Å². The fourth-order valence-corrected chi connectivity index (χ4v) is 4.86. The smallest absolute Gasteiger partial charge is 0.264 e. The average Bonchev–Trinajstić information content (AvgIpc) is 2.70. The minimum atomic E-state index is -3.62. The van der Waals surface area contributed by atoms with Gasteiger partial charge < -0.3 is 24.0 Å².